The number of pyridine rings is 1. The third-order valence-corrected chi connectivity index (χ3v) is 3.69. The summed E-state index contributed by atoms with van der Waals surface area (Å²) >= 11 is 0. The fraction of sp³-hybridized carbons (Fsp3) is 0.200. The van der Waals surface area contributed by atoms with Crippen molar-refractivity contribution in [1.29, 1.82) is 0 Å². The quantitative estimate of drug-likeness (QED) is 0.309. The minimum atomic E-state index is -1.82. The Balaban J connectivity index is 0.000000438. The Labute approximate surface area is 167 Å². The molecule has 0 spiro atoms. The van der Waals surface area contributed by atoms with E-state index < -0.39 is 11.9 Å². The molecule has 0 aliphatic heterocycles. The van der Waals surface area contributed by atoms with Crippen LogP contribution in [0.1, 0.15) is 11.4 Å². The van der Waals surface area contributed by atoms with Gasteiger partial charge in [-0.3, -0.25) is 4.40 Å². The lowest BCUT2D eigenvalue weighted by atomic mass is 10.2. The van der Waals surface area contributed by atoms with Crippen molar-refractivity contribution in [3.63, 3.8) is 0 Å². The predicted molar refractivity (Wildman–Crippen MR) is 104 cm³/mol. The summed E-state index contributed by atoms with van der Waals surface area (Å²) in [6, 6.07) is 13.8. The van der Waals surface area contributed by atoms with Crippen molar-refractivity contribution < 1.29 is 24.5 Å². The van der Waals surface area contributed by atoms with Crippen molar-refractivity contribution in [3.8, 4) is 18.1 Å². The number of carbonyl (C=O) groups is 2. The molecule has 3 rings (SSSR count). The zero-order chi connectivity index (χ0) is 21.1. The monoisotopic (exact) mass is 396 g/mol. The molecule has 0 atom stereocenters. The van der Waals surface area contributed by atoms with Gasteiger partial charge in [0.1, 0.15) is 18.2 Å². The second-order valence-electron chi connectivity index (χ2n) is 5.68. The summed E-state index contributed by atoms with van der Waals surface area (Å²) in [5.41, 5.74) is 1.96. The summed E-state index contributed by atoms with van der Waals surface area (Å²) in [5.74, 6) is 0.611. The Kier molecular flexibility index (Phi) is 8.16. The molecule has 0 bridgehead atoms. The Morgan fingerprint density at radius 3 is 2.55 bits per heavy atom. The van der Waals surface area contributed by atoms with E-state index in [1.54, 1.807) is 0 Å². The second-order valence-corrected chi connectivity index (χ2v) is 5.68. The summed E-state index contributed by atoms with van der Waals surface area (Å²) in [6.07, 6.45) is 8.03. The smallest absolute Gasteiger partial charge is 0.414 e. The molecule has 3 N–H and O–H groups in total. The number of benzene rings is 1. The zero-order valence-electron chi connectivity index (χ0n) is 15.5. The van der Waals surface area contributed by atoms with Crippen LogP contribution >= 0.6 is 0 Å². The first-order valence-corrected chi connectivity index (χ1v) is 8.62. The number of para-hydroxylation sites is 1. The molecule has 0 amide bonds. The van der Waals surface area contributed by atoms with E-state index in [9.17, 15) is 0 Å². The molecular weight excluding hydrogens is 376 g/mol. The first kappa shape index (κ1) is 21.4. The van der Waals surface area contributed by atoms with Crippen LogP contribution in [-0.2, 0) is 22.6 Å². The standard InChI is InChI=1S/C18H18N4O.C2H2O4/c1-2-13-23-16-8-4-3-7-15(16)14-19-11-10-18-21-20-17-9-5-6-12-22(17)18;3-1(4)2(5)6/h1,3-9,12,19H,10-11,13-14H2;(H,3,4)(H,5,6). The number of terminal acetylenes is 1. The number of fused-ring (bicyclic) bond motifs is 1. The minimum Gasteiger partial charge on any atom is -0.481 e. The van der Waals surface area contributed by atoms with Gasteiger partial charge in [0.25, 0.3) is 0 Å². The van der Waals surface area contributed by atoms with Crippen molar-refractivity contribution >= 4 is 17.6 Å². The molecule has 1 aromatic carbocycles. The van der Waals surface area contributed by atoms with Gasteiger partial charge in [0, 0.05) is 31.3 Å². The molecule has 0 aliphatic carbocycles. The van der Waals surface area contributed by atoms with Crippen LogP contribution in [0, 0.1) is 12.3 Å². The highest BCUT2D eigenvalue weighted by Gasteiger charge is 2.05. The minimum absolute atomic E-state index is 0.281. The molecule has 9 nitrogen and oxygen atoms in total. The van der Waals surface area contributed by atoms with Gasteiger partial charge in [-0.15, -0.1) is 16.6 Å². The SMILES string of the molecule is C#CCOc1ccccc1CNCCc1nnc2ccccn12.O=C(O)C(=O)O. The van der Waals surface area contributed by atoms with Crippen molar-refractivity contribution in [2.75, 3.05) is 13.2 Å². The summed E-state index contributed by atoms with van der Waals surface area (Å²) in [4.78, 5) is 18.2. The average Bonchev–Trinajstić information content (AvgIpc) is 3.14. The molecule has 0 saturated heterocycles. The molecule has 0 radical (unpaired) electrons. The van der Waals surface area contributed by atoms with Gasteiger partial charge in [0.05, 0.1) is 0 Å². The third-order valence-electron chi connectivity index (χ3n) is 3.69. The highest BCUT2D eigenvalue weighted by molar-refractivity contribution is 6.27. The molecule has 150 valence electrons. The number of ether oxygens (including phenoxy) is 1. The number of carboxylic acid groups (broad SMARTS) is 2. The van der Waals surface area contributed by atoms with Gasteiger partial charge < -0.3 is 20.3 Å². The Morgan fingerprint density at radius 2 is 1.83 bits per heavy atom. The van der Waals surface area contributed by atoms with Gasteiger partial charge >= 0.3 is 11.9 Å². The molecule has 3 aromatic rings. The lowest BCUT2D eigenvalue weighted by Crippen LogP contribution is -2.18. The molecule has 2 aromatic heterocycles. The van der Waals surface area contributed by atoms with Crippen LogP contribution < -0.4 is 10.1 Å². The summed E-state index contributed by atoms with van der Waals surface area (Å²) in [6.45, 7) is 1.80. The van der Waals surface area contributed by atoms with Gasteiger partial charge in [-0.2, -0.15) is 0 Å². The number of hydrogen-bond acceptors (Lipinski definition) is 6. The molecular formula is C20H20N4O5. The molecule has 0 aliphatic rings. The normalized spacial score (nSPS) is 9.90. The van der Waals surface area contributed by atoms with E-state index in [1.807, 2.05) is 53.1 Å². The number of hydrogen-bond donors (Lipinski definition) is 3. The van der Waals surface area contributed by atoms with E-state index in [4.69, 9.17) is 31.0 Å². The topological polar surface area (TPSA) is 126 Å². The van der Waals surface area contributed by atoms with Crippen molar-refractivity contribution in [2.45, 2.75) is 13.0 Å². The lowest BCUT2D eigenvalue weighted by molar-refractivity contribution is -0.159. The van der Waals surface area contributed by atoms with Crippen LogP contribution in [0.3, 0.4) is 0 Å². The van der Waals surface area contributed by atoms with Gasteiger partial charge in [-0.1, -0.05) is 30.2 Å². The highest BCUT2D eigenvalue weighted by Crippen LogP contribution is 2.17. The fourth-order valence-electron chi connectivity index (χ4n) is 2.39. The third kappa shape index (κ3) is 6.64. The Morgan fingerprint density at radius 1 is 1.10 bits per heavy atom. The maximum absolute atomic E-state index is 9.10. The summed E-state index contributed by atoms with van der Waals surface area (Å²) in [5, 5.41) is 26.6. The highest BCUT2D eigenvalue weighted by atomic mass is 16.5. The number of nitrogens with zero attached hydrogens (tertiary/aromatic N) is 3. The predicted octanol–water partition coefficient (Wildman–Crippen LogP) is 1.23. The summed E-state index contributed by atoms with van der Waals surface area (Å²) < 4.78 is 7.55. The Bertz CT molecular complexity index is 997. The van der Waals surface area contributed by atoms with Crippen molar-refractivity contribution in [2.24, 2.45) is 0 Å². The summed E-state index contributed by atoms with van der Waals surface area (Å²) in [7, 11) is 0. The van der Waals surface area contributed by atoms with Crippen molar-refractivity contribution in [3.05, 3.63) is 60.0 Å². The van der Waals surface area contributed by atoms with Gasteiger partial charge in [0.2, 0.25) is 0 Å². The van der Waals surface area contributed by atoms with E-state index in [-0.39, 0.29) is 6.61 Å². The van der Waals surface area contributed by atoms with E-state index in [1.165, 1.54) is 0 Å². The molecule has 0 unspecified atom stereocenters. The van der Waals surface area contributed by atoms with Crippen LogP contribution in [0.15, 0.2) is 48.7 Å². The van der Waals surface area contributed by atoms with Crippen LogP contribution in [0.4, 0.5) is 0 Å². The first-order chi connectivity index (χ1) is 14.0. The molecule has 9 heteroatoms. The van der Waals surface area contributed by atoms with Crippen LogP contribution in [0.2, 0.25) is 0 Å². The maximum atomic E-state index is 9.10. The van der Waals surface area contributed by atoms with Crippen LogP contribution in [0.25, 0.3) is 5.65 Å². The molecule has 29 heavy (non-hydrogen) atoms. The fourth-order valence-corrected chi connectivity index (χ4v) is 2.39. The van der Waals surface area contributed by atoms with Crippen LogP contribution in [-0.4, -0.2) is 49.9 Å². The number of rotatable bonds is 7. The van der Waals surface area contributed by atoms with Gasteiger partial charge in [-0.25, -0.2) is 9.59 Å². The number of nitrogens with one attached hydrogen (secondary N) is 1. The number of aromatic nitrogens is 3. The zero-order valence-corrected chi connectivity index (χ0v) is 15.5. The van der Waals surface area contributed by atoms with E-state index >= 15 is 0 Å². The largest absolute Gasteiger partial charge is 0.481 e. The van der Waals surface area contributed by atoms with E-state index in [2.05, 4.69) is 21.4 Å². The van der Waals surface area contributed by atoms with E-state index in [0.29, 0.717) is 0 Å². The first-order valence-electron chi connectivity index (χ1n) is 8.62. The second kappa shape index (κ2) is 11.1. The van der Waals surface area contributed by atoms with Crippen LogP contribution in [0.5, 0.6) is 5.75 Å². The lowest BCUT2D eigenvalue weighted by Gasteiger charge is -2.10. The van der Waals surface area contributed by atoms with E-state index in [0.717, 1.165) is 42.3 Å². The molecule has 0 fully saturated rings. The number of carboxylic acids is 2. The molecule has 2 heterocycles. The Hall–Kier alpha value is -3.90. The maximum Gasteiger partial charge on any atom is 0.414 e. The molecule has 0 saturated carbocycles. The van der Waals surface area contributed by atoms with Gasteiger partial charge in [0.15, 0.2) is 5.65 Å². The van der Waals surface area contributed by atoms with Crippen molar-refractivity contribution in [1.82, 2.24) is 19.9 Å². The number of aliphatic carboxylic acids is 2. The average molecular weight is 396 g/mol. The van der Waals surface area contributed by atoms with Gasteiger partial charge in [-0.05, 0) is 18.2 Å².